The van der Waals surface area contributed by atoms with Crippen molar-refractivity contribution < 1.29 is 8.78 Å². The van der Waals surface area contributed by atoms with E-state index in [0.29, 0.717) is 42.0 Å². The number of nitrogens with zero attached hydrogens (tertiary/aromatic N) is 6. The Morgan fingerprint density at radius 1 is 1.16 bits per heavy atom. The van der Waals surface area contributed by atoms with Crippen LogP contribution < -0.4 is 10.6 Å². The molecule has 1 aliphatic rings. The third-order valence-corrected chi connectivity index (χ3v) is 5.95. The number of fused-ring (bicyclic) bond motifs is 1. The Morgan fingerprint density at radius 2 is 1.94 bits per heavy atom. The third-order valence-electron chi connectivity index (χ3n) is 5.95. The van der Waals surface area contributed by atoms with E-state index < -0.39 is 11.6 Å². The van der Waals surface area contributed by atoms with Gasteiger partial charge in [0, 0.05) is 38.8 Å². The van der Waals surface area contributed by atoms with Gasteiger partial charge in [-0.2, -0.15) is 10.2 Å². The number of aromatic nitrogens is 3. The molecule has 2 unspecified atom stereocenters. The summed E-state index contributed by atoms with van der Waals surface area (Å²) < 4.78 is 28.4. The fraction of sp³-hybridized carbons (Fsp3) is 0.364. The zero-order valence-electron chi connectivity index (χ0n) is 17.5. The van der Waals surface area contributed by atoms with Crippen LogP contribution in [0.1, 0.15) is 31.1 Å². The number of rotatable bonds is 3. The second-order valence-electron chi connectivity index (χ2n) is 7.84. The molecule has 0 N–H and O–H groups in total. The Hall–Kier alpha value is -3.38. The van der Waals surface area contributed by atoms with Crippen molar-refractivity contribution in [1.29, 1.82) is 5.26 Å². The van der Waals surface area contributed by atoms with E-state index in [-0.39, 0.29) is 23.5 Å². The summed E-state index contributed by atoms with van der Waals surface area (Å²) in [5, 5.41) is 9.23. The molecule has 0 spiro atoms. The predicted molar refractivity (Wildman–Crippen MR) is 113 cm³/mol. The van der Waals surface area contributed by atoms with Crippen LogP contribution in [0.15, 0.2) is 35.1 Å². The molecule has 0 radical (unpaired) electrons. The number of anilines is 1. The van der Waals surface area contributed by atoms with Crippen molar-refractivity contribution in [2.24, 2.45) is 7.05 Å². The van der Waals surface area contributed by atoms with E-state index in [1.54, 1.807) is 25.2 Å². The molecule has 4 rings (SSSR count). The van der Waals surface area contributed by atoms with E-state index in [2.05, 4.69) is 14.9 Å². The summed E-state index contributed by atoms with van der Waals surface area (Å²) in [5.41, 5.74) is 1.69. The summed E-state index contributed by atoms with van der Waals surface area (Å²) in [6.07, 6.45) is 0. The van der Waals surface area contributed by atoms with Gasteiger partial charge in [-0.3, -0.25) is 9.47 Å². The maximum atomic E-state index is 13.7. The van der Waals surface area contributed by atoms with Crippen LogP contribution in [-0.4, -0.2) is 45.1 Å². The standard InChI is InChI=1S/C22H22F2N6O/c1-13-12-29(8-9-30(13)14(2)15-4-6-17(23)18(24)10-15)21-20-19(28(3)22(31)27-21)7-5-16(11-25)26-20/h4-7,10,13-14H,8-9,12H2,1-3H3. The van der Waals surface area contributed by atoms with E-state index in [4.69, 9.17) is 0 Å². The van der Waals surface area contributed by atoms with Gasteiger partial charge in [-0.25, -0.2) is 18.6 Å². The smallest absolute Gasteiger partial charge is 0.349 e. The van der Waals surface area contributed by atoms with Gasteiger partial charge >= 0.3 is 5.69 Å². The molecule has 1 saturated heterocycles. The molecule has 160 valence electrons. The molecular weight excluding hydrogens is 402 g/mol. The van der Waals surface area contributed by atoms with E-state index in [9.17, 15) is 18.8 Å². The SMILES string of the molecule is CC1CN(c2nc(=O)n(C)c3ccc(C#N)nc23)CCN1C(C)c1ccc(F)c(F)c1. The molecule has 9 heteroatoms. The summed E-state index contributed by atoms with van der Waals surface area (Å²) in [5.74, 6) is -1.25. The summed E-state index contributed by atoms with van der Waals surface area (Å²) in [6.45, 7) is 5.79. The average molecular weight is 424 g/mol. The molecular formula is C22H22F2N6O. The summed E-state index contributed by atoms with van der Waals surface area (Å²) >= 11 is 0. The van der Waals surface area contributed by atoms with Gasteiger partial charge in [-0.15, -0.1) is 0 Å². The van der Waals surface area contributed by atoms with E-state index in [1.807, 2.05) is 24.8 Å². The summed E-state index contributed by atoms with van der Waals surface area (Å²) in [4.78, 5) is 25.2. The van der Waals surface area contributed by atoms with Gasteiger partial charge in [0.25, 0.3) is 0 Å². The quantitative estimate of drug-likeness (QED) is 0.644. The van der Waals surface area contributed by atoms with Gasteiger partial charge in [0.2, 0.25) is 0 Å². The van der Waals surface area contributed by atoms with Gasteiger partial charge < -0.3 is 4.90 Å². The van der Waals surface area contributed by atoms with Crippen LogP contribution in [-0.2, 0) is 7.05 Å². The number of nitriles is 1. The van der Waals surface area contributed by atoms with Crippen LogP contribution in [0.4, 0.5) is 14.6 Å². The van der Waals surface area contributed by atoms with Crippen molar-refractivity contribution in [2.45, 2.75) is 25.9 Å². The monoisotopic (exact) mass is 424 g/mol. The van der Waals surface area contributed by atoms with E-state index in [1.165, 1.54) is 10.6 Å². The molecule has 7 nitrogen and oxygen atoms in total. The predicted octanol–water partition coefficient (Wildman–Crippen LogP) is 2.75. The van der Waals surface area contributed by atoms with Crippen LogP contribution >= 0.6 is 0 Å². The van der Waals surface area contributed by atoms with Gasteiger partial charge in [0.05, 0.1) is 5.52 Å². The molecule has 0 saturated carbocycles. The molecule has 0 aliphatic carbocycles. The van der Waals surface area contributed by atoms with Crippen LogP contribution in [0.3, 0.4) is 0 Å². The topological polar surface area (TPSA) is 78.0 Å². The fourth-order valence-corrected chi connectivity index (χ4v) is 4.19. The molecule has 1 aliphatic heterocycles. The van der Waals surface area contributed by atoms with Crippen LogP contribution in [0.25, 0.3) is 11.0 Å². The van der Waals surface area contributed by atoms with Crippen molar-refractivity contribution in [3.63, 3.8) is 0 Å². The van der Waals surface area contributed by atoms with E-state index >= 15 is 0 Å². The Morgan fingerprint density at radius 3 is 2.61 bits per heavy atom. The second-order valence-corrected chi connectivity index (χ2v) is 7.84. The first-order chi connectivity index (χ1) is 14.8. The van der Waals surface area contributed by atoms with Crippen molar-refractivity contribution >= 4 is 16.9 Å². The number of aryl methyl sites for hydroxylation is 1. The van der Waals surface area contributed by atoms with Crippen molar-refractivity contribution in [2.75, 3.05) is 24.5 Å². The number of hydrogen-bond acceptors (Lipinski definition) is 6. The highest BCUT2D eigenvalue weighted by Crippen LogP contribution is 2.29. The zero-order valence-corrected chi connectivity index (χ0v) is 17.5. The number of hydrogen-bond donors (Lipinski definition) is 0. The highest BCUT2D eigenvalue weighted by molar-refractivity contribution is 5.86. The van der Waals surface area contributed by atoms with Crippen LogP contribution in [0.2, 0.25) is 0 Å². The minimum atomic E-state index is -0.860. The second kappa shape index (κ2) is 8.04. The minimum Gasteiger partial charge on any atom is -0.352 e. The van der Waals surface area contributed by atoms with Crippen LogP contribution in [0, 0.1) is 23.0 Å². The highest BCUT2D eigenvalue weighted by Gasteiger charge is 2.30. The molecule has 0 amide bonds. The first-order valence-electron chi connectivity index (χ1n) is 10.0. The first-order valence-corrected chi connectivity index (χ1v) is 10.0. The lowest BCUT2D eigenvalue weighted by atomic mass is 10.0. The number of piperazine rings is 1. The number of pyridine rings is 1. The van der Waals surface area contributed by atoms with Gasteiger partial charge in [0.15, 0.2) is 17.5 Å². The molecule has 0 bridgehead atoms. The first kappa shape index (κ1) is 20.9. The maximum Gasteiger partial charge on any atom is 0.349 e. The lowest BCUT2D eigenvalue weighted by Crippen LogP contribution is -2.53. The zero-order chi connectivity index (χ0) is 22.3. The molecule has 2 atom stereocenters. The fourth-order valence-electron chi connectivity index (χ4n) is 4.19. The number of halogens is 2. The van der Waals surface area contributed by atoms with Crippen molar-refractivity contribution in [3.8, 4) is 6.07 Å². The minimum absolute atomic E-state index is 0.0527. The highest BCUT2D eigenvalue weighted by atomic mass is 19.2. The van der Waals surface area contributed by atoms with Crippen LogP contribution in [0.5, 0.6) is 0 Å². The Bertz CT molecular complexity index is 1250. The molecule has 31 heavy (non-hydrogen) atoms. The number of benzene rings is 1. The molecule has 3 aromatic rings. The summed E-state index contributed by atoms with van der Waals surface area (Å²) in [7, 11) is 1.62. The summed E-state index contributed by atoms with van der Waals surface area (Å²) in [6, 6.07) is 9.25. The average Bonchev–Trinajstić information content (AvgIpc) is 2.77. The largest absolute Gasteiger partial charge is 0.352 e. The van der Waals surface area contributed by atoms with Gasteiger partial charge in [-0.05, 0) is 43.7 Å². The lowest BCUT2D eigenvalue weighted by molar-refractivity contribution is 0.138. The van der Waals surface area contributed by atoms with Crippen molar-refractivity contribution in [1.82, 2.24) is 19.4 Å². The molecule has 1 aromatic carbocycles. The normalized spacial score (nSPS) is 18.2. The lowest BCUT2D eigenvalue weighted by Gasteiger charge is -2.43. The van der Waals surface area contributed by atoms with E-state index in [0.717, 1.165) is 6.07 Å². The molecule has 3 heterocycles. The van der Waals surface area contributed by atoms with Crippen molar-refractivity contribution in [3.05, 3.63) is 63.7 Å². The molecule has 1 fully saturated rings. The van der Waals surface area contributed by atoms with Gasteiger partial charge in [0.1, 0.15) is 17.3 Å². The third kappa shape index (κ3) is 3.75. The maximum absolute atomic E-state index is 13.7. The Balaban J connectivity index is 1.64. The van der Waals surface area contributed by atoms with Gasteiger partial charge in [-0.1, -0.05) is 6.07 Å². The molecule has 2 aromatic heterocycles. The Labute approximate surface area is 178 Å². The Kier molecular flexibility index (Phi) is 5.41.